The normalized spacial score (nSPS) is 16.2. The first-order chi connectivity index (χ1) is 9.10. The van der Waals surface area contributed by atoms with Gasteiger partial charge in [-0.05, 0) is 29.9 Å². The first-order valence-corrected chi connectivity index (χ1v) is 7.64. The van der Waals surface area contributed by atoms with E-state index in [4.69, 9.17) is 22.1 Å². The minimum Gasteiger partial charge on any atom is -0.469 e. The fourth-order valence-electron chi connectivity index (χ4n) is 2.03. The smallest absolute Gasteiger partial charge is 0.306 e. The van der Waals surface area contributed by atoms with Crippen molar-refractivity contribution in [2.75, 3.05) is 12.9 Å². The molecule has 19 heavy (non-hydrogen) atoms. The lowest BCUT2D eigenvalue weighted by molar-refractivity contribution is -0.141. The minimum absolute atomic E-state index is 0.1000. The molecule has 0 radical (unpaired) electrons. The van der Waals surface area contributed by atoms with Crippen LogP contribution in [0, 0.1) is 5.41 Å². The van der Waals surface area contributed by atoms with E-state index in [1.165, 1.54) is 7.11 Å². The van der Waals surface area contributed by atoms with Crippen LogP contribution in [0.5, 0.6) is 0 Å². The summed E-state index contributed by atoms with van der Waals surface area (Å²) in [6.45, 7) is 0.479. The van der Waals surface area contributed by atoms with Gasteiger partial charge in [-0.25, -0.2) is 0 Å². The van der Waals surface area contributed by atoms with Gasteiger partial charge in [-0.15, -0.1) is 11.8 Å². The fraction of sp³-hybridized carbons (Fsp3) is 0.500. The average Bonchev–Trinajstić information content (AvgIpc) is 3.17. The van der Waals surface area contributed by atoms with Gasteiger partial charge in [-0.3, -0.25) is 4.79 Å². The first-order valence-electron chi connectivity index (χ1n) is 6.27. The highest BCUT2D eigenvalue weighted by molar-refractivity contribution is 7.99. The third kappa shape index (κ3) is 3.65. The zero-order chi connectivity index (χ0) is 13.9. The largest absolute Gasteiger partial charge is 0.469 e. The zero-order valence-electron chi connectivity index (χ0n) is 10.9. The molecule has 0 atom stereocenters. The summed E-state index contributed by atoms with van der Waals surface area (Å²) >= 11 is 7.92. The molecule has 0 aromatic heterocycles. The Balaban J connectivity index is 2.01. The van der Waals surface area contributed by atoms with Crippen molar-refractivity contribution in [3.63, 3.8) is 0 Å². The Hall–Kier alpha value is -0.710. The van der Waals surface area contributed by atoms with Gasteiger partial charge in [0.05, 0.1) is 18.6 Å². The Labute approximate surface area is 122 Å². The number of carbonyl (C=O) groups is 1. The van der Waals surface area contributed by atoms with Crippen molar-refractivity contribution < 1.29 is 9.53 Å². The number of carbonyl (C=O) groups excluding carboxylic acids is 1. The molecule has 5 heteroatoms. The van der Waals surface area contributed by atoms with Crippen LogP contribution in [-0.2, 0) is 16.1 Å². The van der Waals surface area contributed by atoms with Gasteiger partial charge in [0.15, 0.2) is 0 Å². The van der Waals surface area contributed by atoms with Crippen LogP contribution in [0.2, 0.25) is 5.02 Å². The van der Waals surface area contributed by atoms with Crippen LogP contribution in [0.4, 0.5) is 0 Å². The Kier molecular flexibility index (Phi) is 4.76. The van der Waals surface area contributed by atoms with Gasteiger partial charge in [0, 0.05) is 17.2 Å². The van der Waals surface area contributed by atoms with Gasteiger partial charge < -0.3 is 10.5 Å². The number of nitrogens with two attached hydrogens (primary N) is 1. The van der Waals surface area contributed by atoms with E-state index < -0.39 is 0 Å². The maximum Gasteiger partial charge on any atom is 0.306 e. The third-order valence-electron chi connectivity index (χ3n) is 3.50. The average molecular weight is 300 g/mol. The van der Waals surface area contributed by atoms with Gasteiger partial charge >= 0.3 is 5.97 Å². The summed E-state index contributed by atoms with van der Waals surface area (Å²) in [6, 6.07) is 5.78. The molecule has 1 fully saturated rings. The summed E-state index contributed by atoms with van der Waals surface area (Å²) in [5, 5.41) is 0.738. The Morgan fingerprint density at radius 3 is 2.84 bits per heavy atom. The molecule has 2 rings (SSSR count). The van der Waals surface area contributed by atoms with Gasteiger partial charge in [0.2, 0.25) is 0 Å². The number of esters is 1. The zero-order valence-corrected chi connectivity index (χ0v) is 12.5. The van der Waals surface area contributed by atoms with E-state index in [0.29, 0.717) is 13.0 Å². The summed E-state index contributed by atoms with van der Waals surface area (Å²) in [7, 11) is 1.44. The van der Waals surface area contributed by atoms with Crippen molar-refractivity contribution >= 4 is 29.3 Å². The summed E-state index contributed by atoms with van der Waals surface area (Å²) in [5.41, 5.74) is 6.89. The van der Waals surface area contributed by atoms with Crippen LogP contribution in [-0.4, -0.2) is 18.8 Å². The second-order valence-electron chi connectivity index (χ2n) is 4.97. The number of hydrogen-bond donors (Lipinski definition) is 1. The lowest BCUT2D eigenvalue weighted by atomic mass is 10.1. The third-order valence-corrected chi connectivity index (χ3v) is 5.45. The quantitative estimate of drug-likeness (QED) is 0.647. The molecule has 0 saturated heterocycles. The number of halogens is 1. The molecule has 1 aromatic carbocycles. The first kappa shape index (κ1) is 14.7. The SMILES string of the molecule is COC(=O)CC1(CSc2c(Cl)cccc2CN)CC1. The Bertz CT molecular complexity index is 475. The number of thioether (sulfide) groups is 1. The molecule has 0 unspecified atom stereocenters. The molecule has 0 aliphatic heterocycles. The monoisotopic (exact) mass is 299 g/mol. The van der Waals surface area contributed by atoms with Crippen LogP contribution in [0.25, 0.3) is 0 Å². The number of rotatable bonds is 6. The van der Waals surface area contributed by atoms with Gasteiger partial charge in [-0.1, -0.05) is 23.7 Å². The molecule has 0 bridgehead atoms. The lowest BCUT2D eigenvalue weighted by Gasteiger charge is -2.15. The highest BCUT2D eigenvalue weighted by Gasteiger charge is 2.44. The summed E-state index contributed by atoms with van der Waals surface area (Å²) < 4.78 is 4.75. The number of hydrogen-bond acceptors (Lipinski definition) is 4. The molecular formula is C14H18ClNO2S. The van der Waals surface area contributed by atoms with Crippen LogP contribution in [0.15, 0.2) is 23.1 Å². The highest BCUT2D eigenvalue weighted by atomic mass is 35.5. The summed E-state index contributed by atoms with van der Waals surface area (Å²) in [5.74, 6) is 0.759. The van der Waals surface area contributed by atoms with E-state index in [1.54, 1.807) is 11.8 Å². The van der Waals surface area contributed by atoms with E-state index in [-0.39, 0.29) is 11.4 Å². The second kappa shape index (κ2) is 6.16. The van der Waals surface area contributed by atoms with Gasteiger partial charge in [0.25, 0.3) is 0 Å². The molecule has 3 nitrogen and oxygen atoms in total. The number of ether oxygens (including phenoxy) is 1. The highest BCUT2D eigenvalue weighted by Crippen LogP contribution is 2.52. The minimum atomic E-state index is -0.128. The number of methoxy groups -OCH3 is 1. The van der Waals surface area contributed by atoms with E-state index in [2.05, 4.69) is 0 Å². The molecule has 0 heterocycles. The molecule has 1 aromatic rings. The standard InChI is InChI=1S/C14H18ClNO2S/c1-18-12(17)7-14(5-6-14)9-19-13-10(8-16)3-2-4-11(13)15/h2-4H,5-9,16H2,1H3. The van der Waals surface area contributed by atoms with Crippen molar-refractivity contribution in [2.24, 2.45) is 11.1 Å². The van der Waals surface area contributed by atoms with Gasteiger partial charge in [0.1, 0.15) is 0 Å². The van der Waals surface area contributed by atoms with E-state index in [9.17, 15) is 4.79 Å². The maximum absolute atomic E-state index is 11.4. The predicted octanol–water partition coefficient (Wildman–Crippen LogP) is 3.23. The molecule has 0 spiro atoms. The van der Waals surface area contributed by atoms with Gasteiger partial charge in [-0.2, -0.15) is 0 Å². The molecule has 1 aliphatic rings. The molecule has 2 N–H and O–H groups in total. The van der Waals surface area contributed by atoms with Crippen molar-refractivity contribution in [1.82, 2.24) is 0 Å². The Morgan fingerprint density at radius 2 is 2.26 bits per heavy atom. The van der Waals surface area contributed by atoms with Crippen LogP contribution in [0.3, 0.4) is 0 Å². The summed E-state index contributed by atoms with van der Waals surface area (Å²) in [6.07, 6.45) is 2.66. The Morgan fingerprint density at radius 1 is 1.53 bits per heavy atom. The van der Waals surface area contributed by atoms with Crippen LogP contribution >= 0.6 is 23.4 Å². The van der Waals surface area contributed by atoms with Crippen LogP contribution in [0.1, 0.15) is 24.8 Å². The van der Waals surface area contributed by atoms with Crippen molar-refractivity contribution in [1.29, 1.82) is 0 Å². The predicted molar refractivity (Wildman–Crippen MR) is 78.4 cm³/mol. The summed E-state index contributed by atoms with van der Waals surface area (Å²) in [4.78, 5) is 12.4. The second-order valence-corrected chi connectivity index (χ2v) is 6.37. The molecule has 1 aliphatic carbocycles. The van der Waals surface area contributed by atoms with Crippen LogP contribution < -0.4 is 5.73 Å². The van der Waals surface area contributed by atoms with E-state index in [1.807, 2.05) is 18.2 Å². The maximum atomic E-state index is 11.4. The molecule has 0 amide bonds. The number of benzene rings is 1. The fourth-order valence-corrected chi connectivity index (χ4v) is 3.77. The van der Waals surface area contributed by atoms with Crippen molar-refractivity contribution in [3.05, 3.63) is 28.8 Å². The molecule has 1 saturated carbocycles. The van der Waals surface area contributed by atoms with E-state index in [0.717, 1.165) is 34.1 Å². The molecule has 104 valence electrons. The van der Waals surface area contributed by atoms with Crippen molar-refractivity contribution in [3.8, 4) is 0 Å². The molecular weight excluding hydrogens is 282 g/mol. The topological polar surface area (TPSA) is 52.3 Å². The lowest BCUT2D eigenvalue weighted by Crippen LogP contribution is -2.13. The van der Waals surface area contributed by atoms with Crippen molar-refractivity contribution in [2.45, 2.75) is 30.7 Å². The van der Waals surface area contributed by atoms with E-state index >= 15 is 0 Å².